The fraction of sp³-hybridized carbons (Fsp3) is 0.0278. The zero-order chi connectivity index (χ0) is 26.7. The van der Waals surface area contributed by atoms with Gasteiger partial charge >= 0.3 is 0 Å². The van der Waals surface area contributed by atoms with Gasteiger partial charge in [0.05, 0.1) is 16.6 Å². The number of pyridine rings is 3. The molecular formula is C36H21N5. The number of fused-ring (bicyclic) bond motifs is 14. The fourth-order valence-corrected chi connectivity index (χ4v) is 7.08. The van der Waals surface area contributed by atoms with Gasteiger partial charge in [0.2, 0.25) is 0 Å². The third-order valence-electron chi connectivity index (χ3n) is 8.81. The van der Waals surface area contributed by atoms with Crippen LogP contribution in [0.15, 0.2) is 116 Å². The lowest BCUT2D eigenvalue weighted by atomic mass is 9.98. The molecule has 0 saturated carbocycles. The lowest BCUT2D eigenvalue weighted by molar-refractivity contribution is 1.18. The zero-order valence-electron chi connectivity index (χ0n) is 21.9. The van der Waals surface area contributed by atoms with Gasteiger partial charge in [-0.15, -0.1) is 0 Å². The Morgan fingerprint density at radius 2 is 1.39 bits per heavy atom. The van der Waals surface area contributed by atoms with E-state index in [1.54, 1.807) is 0 Å². The van der Waals surface area contributed by atoms with Crippen molar-refractivity contribution in [2.24, 2.45) is 0 Å². The smallest absolute Gasteiger partial charge is 0.164 e. The summed E-state index contributed by atoms with van der Waals surface area (Å²) >= 11 is 0. The second-order valence-corrected chi connectivity index (χ2v) is 11.0. The average Bonchev–Trinajstić information content (AvgIpc) is 3.69. The van der Waals surface area contributed by atoms with Crippen LogP contribution in [0.3, 0.4) is 0 Å². The molecule has 1 aliphatic rings. The van der Waals surface area contributed by atoms with E-state index < -0.39 is 0 Å². The molecule has 190 valence electrons. The van der Waals surface area contributed by atoms with Crippen LogP contribution in [0.2, 0.25) is 0 Å². The largest absolute Gasteiger partial charge is 0.309 e. The normalized spacial score (nSPS) is 12.8. The van der Waals surface area contributed by atoms with Gasteiger partial charge in [-0.25, -0.2) is 9.97 Å². The molecule has 41 heavy (non-hydrogen) atoms. The lowest BCUT2D eigenvalue weighted by Gasteiger charge is -2.11. The van der Waals surface area contributed by atoms with Crippen LogP contribution in [0.5, 0.6) is 0 Å². The van der Waals surface area contributed by atoms with Crippen molar-refractivity contribution in [1.29, 1.82) is 0 Å². The number of hydrogen-bond donors (Lipinski definition) is 0. The summed E-state index contributed by atoms with van der Waals surface area (Å²) in [6.07, 6.45) is 6.56. The molecule has 0 radical (unpaired) electrons. The summed E-state index contributed by atoms with van der Waals surface area (Å²) in [6.45, 7) is 0. The monoisotopic (exact) mass is 523 g/mol. The van der Waals surface area contributed by atoms with E-state index in [9.17, 15) is 0 Å². The molecule has 0 amide bonds. The Kier molecular flexibility index (Phi) is 3.92. The predicted molar refractivity (Wildman–Crippen MR) is 166 cm³/mol. The molecule has 4 aromatic carbocycles. The van der Waals surface area contributed by atoms with Crippen LogP contribution in [0.25, 0.3) is 77.1 Å². The predicted octanol–water partition coefficient (Wildman–Crippen LogP) is 8.25. The summed E-state index contributed by atoms with van der Waals surface area (Å²) in [4.78, 5) is 14.3. The maximum atomic E-state index is 5.06. The van der Waals surface area contributed by atoms with Crippen molar-refractivity contribution in [3.8, 4) is 16.8 Å². The minimum Gasteiger partial charge on any atom is -0.309 e. The highest BCUT2D eigenvalue weighted by Gasteiger charge is 2.25. The van der Waals surface area contributed by atoms with Gasteiger partial charge < -0.3 is 4.57 Å². The first-order valence-electron chi connectivity index (χ1n) is 13.9. The highest BCUT2D eigenvalue weighted by Crippen LogP contribution is 2.45. The first kappa shape index (κ1) is 21.3. The number of para-hydroxylation sites is 2. The first-order chi connectivity index (χ1) is 20.3. The standard InChI is InChI=1S/C36H21N5/c1-2-7-23(8-3-1)40-32-11-5-4-9-24(32)28-16-21-15-22-17-29-27(18-25(22)26(21)19-34(28)40)30-20-37-14-12-33(30)41-35(29)39-31-10-6-13-38-36(31)41/h1-14,16-20H,15H2. The molecule has 1 aliphatic carbocycles. The van der Waals surface area contributed by atoms with E-state index in [4.69, 9.17) is 9.97 Å². The van der Waals surface area contributed by atoms with Gasteiger partial charge in [0.25, 0.3) is 0 Å². The molecule has 10 rings (SSSR count). The summed E-state index contributed by atoms with van der Waals surface area (Å²) in [6, 6.07) is 35.0. The van der Waals surface area contributed by atoms with Crippen molar-refractivity contribution in [3.63, 3.8) is 0 Å². The van der Waals surface area contributed by atoms with E-state index in [2.05, 4.69) is 98.9 Å². The number of benzene rings is 4. The van der Waals surface area contributed by atoms with Crippen LogP contribution in [0.1, 0.15) is 11.1 Å². The van der Waals surface area contributed by atoms with E-state index in [0.717, 1.165) is 39.5 Å². The topological polar surface area (TPSA) is 48.0 Å². The molecule has 0 fully saturated rings. The minimum absolute atomic E-state index is 0.875. The number of nitrogens with zero attached hydrogens (tertiary/aromatic N) is 5. The third-order valence-corrected chi connectivity index (χ3v) is 8.81. The van der Waals surface area contributed by atoms with Crippen molar-refractivity contribution < 1.29 is 0 Å². The van der Waals surface area contributed by atoms with Gasteiger partial charge in [0, 0.05) is 45.8 Å². The van der Waals surface area contributed by atoms with E-state index >= 15 is 0 Å². The lowest BCUT2D eigenvalue weighted by Crippen LogP contribution is -1.94. The molecule has 0 N–H and O–H groups in total. The van der Waals surface area contributed by atoms with Crippen LogP contribution < -0.4 is 0 Å². The van der Waals surface area contributed by atoms with Gasteiger partial charge in [-0.05, 0) is 94.7 Å². The Morgan fingerprint density at radius 3 is 2.32 bits per heavy atom. The summed E-state index contributed by atoms with van der Waals surface area (Å²) in [5.41, 5.74) is 12.7. The molecule has 0 aliphatic heterocycles. The summed E-state index contributed by atoms with van der Waals surface area (Å²) < 4.78 is 4.59. The second kappa shape index (κ2) is 7.55. The molecular weight excluding hydrogens is 502 g/mol. The van der Waals surface area contributed by atoms with Gasteiger partial charge in [-0.3, -0.25) is 9.38 Å². The Labute approximate surface area is 234 Å². The summed E-state index contributed by atoms with van der Waals surface area (Å²) in [5, 5.41) is 5.99. The molecule has 9 aromatic rings. The Hall–Kier alpha value is -5.55. The van der Waals surface area contributed by atoms with Gasteiger partial charge in [-0.2, -0.15) is 0 Å². The summed E-state index contributed by atoms with van der Waals surface area (Å²) in [7, 11) is 0. The van der Waals surface area contributed by atoms with Crippen LogP contribution in [0, 0.1) is 0 Å². The second-order valence-electron chi connectivity index (χ2n) is 11.0. The molecule has 0 atom stereocenters. The van der Waals surface area contributed by atoms with Gasteiger partial charge in [-0.1, -0.05) is 36.4 Å². The Morgan fingerprint density at radius 1 is 0.561 bits per heavy atom. The van der Waals surface area contributed by atoms with E-state index in [1.807, 2.05) is 30.7 Å². The molecule has 5 nitrogen and oxygen atoms in total. The highest BCUT2D eigenvalue weighted by atomic mass is 15.1. The van der Waals surface area contributed by atoms with Crippen molar-refractivity contribution in [2.45, 2.75) is 6.42 Å². The van der Waals surface area contributed by atoms with Crippen LogP contribution in [-0.4, -0.2) is 23.9 Å². The van der Waals surface area contributed by atoms with Crippen molar-refractivity contribution in [2.75, 3.05) is 0 Å². The maximum absolute atomic E-state index is 5.06. The van der Waals surface area contributed by atoms with E-state index in [0.29, 0.717) is 0 Å². The minimum atomic E-state index is 0.875. The molecule has 0 spiro atoms. The SMILES string of the molecule is c1ccc(-n2c3ccccc3c3cc4c(cc32)-c2cc3c5cnccc5n5c6ncccc6nc5c3cc2C4)cc1. The number of aromatic nitrogens is 5. The quantitative estimate of drug-likeness (QED) is 0.204. The summed E-state index contributed by atoms with van der Waals surface area (Å²) in [5.74, 6) is 0. The van der Waals surface area contributed by atoms with Crippen molar-refractivity contribution in [3.05, 3.63) is 127 Å². The third kappa shape index (κ3) is 2.72. The zero-order valence-corrected chi connectivity index (χ0v) is 21.9. The Balaban J connectivity index is 1.31. The molecule has 0 unspecified atom stereocenters. The molecule has 5 aromatic heterocycles. The number of rotatable bonds is 1. The fourth-order valence-electron chi connectivity index (χ4n) is 7.08. The van der Waals surface area contributed by atoms with E-state index in [1.165, 1.54) is 55.1 Å². The maximum Gasteiger partial charge on any atom is 0.164 e. The highest BCUT2D eigenvalue weighted by molar-refractivity contribution is 6.16. The van der Waals surface area contributed by atoms with Crippen molar-refractivity contribution >= 4 is 60.3 Å². The Bertz CT molecular complexity index is 2550. The van der Waals surface area contributed by atoms with Crippen molar-refractivity contribution in [1.82, 2.24) is 23.9 Å². The molecule has 0 bridgehead atoms. The van der Waals surface area contributed by atoms with Crippen LogP contribution in [-0.2, 0) is 6.42 Å². The molecule has 5 heteroatoms. The molecule has 0 saturated heterocycles. The molecule has 5 heterocycles. The van der Waals surface area contributed by atoms with Crippen LogP contribution in [0.4, 0.5) is 0 Å². The van der Waals surface area contributed by atoms with Gasteiger partial charge in [0.15, 0.2) is 5.65 Å². The van der Waals surface area contributed by atoms with Gasteiger partial charge in [0.1, 0.15) is 11.2 Å². The number of hydrogen-bond acceptors (Lipinski definition) is 3. The van der Waals surface area contributed by atoms with E-state index in [-0.39, 0.29) is 0 Å². The first-order valence-corrected chi connectivity index (χ1v) is 13.9. The number of imidazole rings is 1. The van der Waals surface area contributed by atoms with Crippen LogP contribution >= 0.6 is 0 Å². The average molecular weight is 524 g/mol.